The summed E-state index contributed by atoms with van der Waals surface area (Å²) in [6.45, 7) is 11.3. The van der Waals surface area contributed by atoms with Gasteiger partial charge in [0.2, 0.25) is 0 Å². The molecule has 1 N–H and O–H groups in total. The monoisotopic (exact) mass is 278 g/mol. The van der Waals surface area contributed by atoms with E-state index in [0.717, 1.165) is 56.5 Å². The van der Waals surface area contributed by atoms with Crippen LogP contribution in [0.3, 0.4) is 0 Å². The molecule has 1 aliphatic rings. The number of hydrogen-bond donors (Lipinski definition) is 1. The lowest BCUT2D eigenvalue weighted by molar-refractivity contribution is 0.204. The van der Waals surface area contributed by atoms with Gasteiger partial charge < -0.3 is 10.0 Å². The Bertz CT molecular complexity index is 436. The molecule has 5 heteroatoms. The van der Waals surface area contributed by atoms with Crippen LogP contribution in [-0.4, -0.2) is 59.3 Å². The molecule has 0 aromatic carbocycles. The number of β-amino-alcohol motifs (C(OH)–C–C–N with tert-alkyl or cyclic N) is 1. The van der Waals surface area contributed by atoms with Crippen LogP contribution in [0.4, 0.5) is 5.82 Å². The molecule has 1 aromatic rings. The molecule has 0 spiro atoms. The average molecular weight is 278 g/mol. The number of aromatic nitrogens is 2. The van der Waals surface area contributed by atoms with Crippen LogP contribution >= 0.6 is 0 Å². The van der Waals surface area contributed by atoms with Gasteiger partial charge in [0.05, 0.1) is 6.61 Å². The molecule has 0 aliphatic carbocycles. The smallest absolute Gasteiger partial charge is 0.133 e. The fourth-order valence-electron chi connectivity index (χ4n) is 2.56. The first kappa shape index (κ1) is 15.2. The molecule has 0 amide bonds. The van der Waals surface area contributed by atoms with Gasteiger partial charge in [-0.25, -0.2) is 9.97 Å². The van der Waals surface area contributed by atoms with Gasteiger partial charge in [0, 0.05) is 43.9 Å². The van der Waals surface area contributed by atoms with E-state index >= 15 is 0 Å². The fraction of sp³-hybridized carbons (Fsp3) is 0.733. The van der Waals surface area contributed by atoms with E-state index < -0.39 is 0 Å². The van der Waals surface area contributed by atoms with Gasteiger partial charge in [0.25, 0.3) is 0 Å². The van der Waals surface area contributed by atoms with Crippen molar-refractivity contribution in [2.24, 2.45) is 0 Å². The van der Waals surface area contributed by atoms with E-state index in [2.05, 4.69) is 34.7 Å². The Labute approximate surface area is 121 Å². The second-order valence-corrected chi connectivity index (χ2v) is 5.79. The molecule has 5 nitrogen and oxygen atoms in total. The number of aryl methyl sites for hydroxylation is 1. The minimum atomic E-state index is 0.240. The fourth-order valence-corrected chi connectivity index (χ4v) is 2.56. The van der Waals surface area contributed by atoms with Crippen LogP contribution in [0.2, 0.25) is 0 Å². The molecule has 1 saturated heterocycles. The molecule has 1 aliphatic heterocycles. The lowest BCUT2D eigenvalue weighted by atomic mass is 10.2. The summed E-state index contributed by atoms with van der Waals surface area (Å²) >= 11 is 0. The van der Waals surface area contributed by atoms with Crippen molar-refractivity contribution in [3.63, 3.8) is 0 Å². The second-order valence-electron chi connectivity index (χ2n) is 5.79. The van der Waals surface area contributed by atoms with E-state index in [1.165, 1.54) is 0 Å². The molecular weight excluding hydrogens is 252 g/mol. The summed E-state index contributed by atoms with van der Waals surface area (Å²) in [5.41, 5.74) is 1.04. The van der Waals surface area contributed by atoms with Gasteiger partial charge in [-0.3, -0.25) is 4.90 Å². The van der Waals surface area contributed by atoms with Gasteiger partial charge >= 0.3 is 0 Å². The highest BCUT2D eigenvalue weighted by atomic mass is 16.3. The number of aliphatic hydroxyl groups excluding tert-OH is 1. The van der Waals surface area contributed by atoms with Crippen LogP contribution in [-0.2, 0) is 0 Å². The lowest BCUT2D eigenvalue weighted by Crippen LogP contribution is -2.33. The van der Waals surface area contributed by atoms with Gasteiger partial charge in [-0.15, -0.1) is 0 Å². The Kier molecular flexibility index (Phi) is 5.31. The van der Waals surface area contributed by atoms with Gasteiger partial charge in [0.15, 0.2) is 0 Å². The van der Waals surface area contributed by atoms with Crippen molar-refractivity contribution < 1.29 is 5.11 Å². The summed E-state index contributed by atoms with van der Waals surface area (Å²) in [6.07, 6.45) is 1.11. The Morgan fingerprint density at radius 2 is 2.00 bits per heavy atom. The highest BCUT2D eigenvalue weighted by Gasteiger charge is 2.17. The number of rotatable bonds is 4. The SMILES string of the molecule is Cc1cc(N2CCCN(CCO)CC2)nc(C(C)C)n1. The number of aliphatic hydroxyl groups is 1. The summed E-state index contributed by atoms with van der Waals surface area (Å²) in [5, 5.41) is 9.05. The molecule has 20 heavy (non-hydrogen) atoms. The van der Waals surface area contributed by atoms with E-state index in [1.54, 1.807) is 0 Å². The van der Waals surface area contributed by atoms with Gasteiger partial charge in [-0.1, -0.05) is 13.8 Å². The molecule has 0 unspecified atom stereocenters. The molecule has 0 radical (unpaired) electrons. The van der Waals surface area contributed by atoms with E-state index in [9.17, 15) is 0 Å². The maximum Gasteiger partial charge on any atom is 0.133 e. The molecule has 112 valence electrons. The largest absolute Gasteiger partial charge is 0.395 e. The summed E-state index contributed by atoms with van der Waals surface area (Å²) in [4.78, 5) is 13.9. The normalized spacial score (nSPS) is 17.6. The van der Waals surface area contributed by atoms with Crippen LogP contribution in [0.25, 0.3) is 0 Å². The van der Waals surface area contributed by atoms with Crippen molar-refractivity contribution in [1.29, 1.82) is 0 Å². The lowest BCUT2D eigenvalue weighted by Gasteiger charge is -2.23. The van der Waals surface area contributed by atoms with Crippen LogP contribution in [0, 0.1) is 6.92 Å². The Morgan fingerprint density at radius 1 is 1.20 bits per heavy atom. The van der Waals surface area contributed by atoms with Crippen molar-refractivity contribution in [1.82, 2.24) is 14.9 Å². The number of hydrogen-bond acceptors (Lipinski definition) is 5. The van der Waals surface area contributed by atoms with Crippen LogP contribution in [0.15, 0.2) is 6.07 Å². The molecule has 0 bridgehead atoms. The quantitative estimate of drug-likeness (QED) is 0.902. The Balaban J connectivity index is 2.11. The Hall–Kier alpha value is -1.20. The first-order valence-corrected chi connectivity index (χ1v) is 7.54. The van der Waals surface area contributed by atoms with E-state index in [1.807, 2.05) is 6.92 Å². The second kappa shape index (κ2) is 6.99. The van der Waals surface area contributed by atoms with E-state index in [0.29, 0.717) is 5.92 Å². The molecule has 2 heterocycles. The molecule has 1 aromatic heterocycles. The van der Waals surface area contributed by atoms with Gasteiger partial charge in [0.1, 0.15) is 11.6 Å². The van der Waals surface area contributed by atoms with Crippen molar-refractivity contribution >= 4 is 5.82 Å². The summed E-state index contributed by atoms with van der Waals surface area (Å²) in [7, 11) is 0. The molecule has 0 saturated carbocycles. The van der Waals surface area contributed by atoms with E-state index in [4.69, 9.17) is 10.1 Å². The summed E-state index contributed by atoms with van der Waals surface area (Å²) in [6, 6.07) is 2.08. The average Bonchev–Trinajstić information content (AvgIpc) is 2.64. The van der Waals surface area contributed by atoms with Crippen LogP contribution in [0.5, 0.6) is 0 Å². The minimum Gasteiger partial charge on any atom is -0.395 e. The van der Waals surface area contributed by atoms with Crippen LogP contribution < -0.4 is 4.90 Å². The third-order valence-electron chi connectivity index (χ3n) is 3.70. The van der Waals surface area contributed by atoms with Crippen molar-refractivity contribution in [3.05, 3.63) is 17.6 Å². The third-order valence-corrected chi connectivity index (χ3v) is 3.70. The molecule has 0 atom stereocenters. The predicted octanol–water partition coefficient (Wildman–Crippen LogP) is 1.41. The summed E-state index contributed by atoms with van der Waals surface area (Å²) < 4.78 is 0. The topological polar surface area (TPSA) is 52.5 Å². The maximum absolute atomic E-state index is 9.05. The van der Waals surface area contributed by atoms with E-state index in [-0.39, 0.29) is 6.61 Å². The third kappa shape index (κ3) is 3.90. The zero-order valence-electron chi connectivity index (χ0n) is 12.8. The molecular formula is C15H26N4O. The van der Waals surface area contributed by atoms with Crippen molar-refractivity contribution in [3.8, 4) is 0 Å². The van der Waals surface area contributed by atoms with Crippen LogP contribution in [0.1, 0.15) is 37.7 Å². The zero-order valence-corrected chi connectivity index (χ0v) is 12.8. The molecule has 2 rings (SSSR count). The minimum absolute atomic E-state index is 0.240. The first-order chi connectivity index (χ1) is 9.60. The molecule has 1 fully saturated rings. The standard InChI is InChI=1S/C15H26N4O/c1-12(2)15-16-13(3)11-14(17-15)19-6-4-5-18(7-8-19)9-10-20/h11-12,20H,4-10H2,1-3H3. The number of nitrogens with zero attached hydrogens (tertiary/aromatic N) is 4. The first-order valence-electron chi connectivity index (χ1n) is 7.54. The van der Waals surface area contributed by atoms with Gasteiger partial charge in [-0.2, -0.15) is 0 Å². The van der Waals surface area contributed by atoms with Crippen molar-refractivity contribution in [2.75, 3.05) is 44.2 Å². The Morgan fingerprint density at radius 3 is 2.70 bits per heavy atom. The predicted molar refractivity (Wildman–Crippen MR) is 81.2 cm³/mol. The summed E-state index contributed by atoms with van der Waals surface area (Å²) in [5.74, 6) is 2.33. The van der Waals surface area contributed by atoms with Gasteiger partial charge in [-0.05, 0) is 19.9 Å². The highest BCUT2D eigenvalue weighted by molar-refractivity contribution is 5.40. The number of anilines is 1. The zero-order chi connectivity index (χ0) is 14.5. The maximum atomic E-state index is 9.05. The highest BCUT2D eigenvalue weighted by Crippen LogP contribution is 2.18. The van der Waals surface area contributed by atoms with Crippen molar-refractivity contribution in [2.45, 2.75) is 33.1 Å².